The van der Waals surface area contributed by atoms with Gasteiger partial charge in [0.25, 0.3) is 0 Å². The maximum absolute atomic E-state index is 11.7. The molecule has 3 aromatic rings. The molecule has 0 amide bonds. The van der Waals surface area contributed by atoms with E-state index in [1.54, 1.807) is 6.08 Å². The van der Waals surface area contributed by atoms with Crippen LogP contribution >= 0.6 is 11.8 Å². The average Bonchev–Trinajstić information content (AvgIpc) is 3.31. The van der Waals surface area contributed by atoms with Gasteiger partial charge in [-0.25, -0.2) is 9.78 Å². The summed E-state index contributed by atoms with van der Waals surface area (Å²) in [6.45, 7) is 2.19. The van der Waals surface area contributed by atoms with Crippen molar-refractivity contribution in [2.24, 2.45) is 0 Å². The highest BCUT2D eigenvalue weighted by atomic mass is 32.2. The zero-order valence-corrected chi connectivity index (χ0v) is 15.0. The second-order valence-electron chi connectivity index (χ2n) is 6.26. The summed E-state index contributed by atoms with van der Waals surface area (Å²) in [5, 5.41) is 10.1. The summed E-state index contributed by atoms with van der Waals surface area (Å²) in [6.07, 6.45) is 4.16. The summed E-state index contributed by atoms with van der Waals surface area (Å²) in [5.41, 5.74) is 3.79. The number of nitrogens with one attached hydrogen (secondary N) is 1. The Morgan fingerprint density at radius 2 is 1.85 bits per heavy atom. The maximum Gasteiger partial charge on any atom is 0.342 e. The third-order valence-corrected chi connectivity index (χ3v) is 5.35. The normalized spacial score (nSPS) is 14.9. The zero-order valence-electron chi connectivity index (χ0n) is 14.2. The first-order chi connectivity index (χ1) is 12.7. The first-order valence-electron chi connectivity index (χ1n) is 8.62. The van der Waals surface area contributed by atoms with Gasteiger partial charge in [-0.3, -0.25) is 0 Å². The van der Waals surface area contributed by atoms with Crippen LogP contribution in [0, 0.1) is 0 Å². The molecule has 2 aromatic carbocycles. The Morgan fingerprint density at radius 3 is 2.54 bits per heavy atom. The first-order valence-corrected chi connectivity index (χ1v) is 9.43. The number of hydrogen-bond acceptors (Lipinski definition) is 4. The van der Waals surface area contributed by atoms with Crippen molar-refractivity contribution in [2.45, 2.75) is 18.0 Å². The average molecular weight is 365 g/mol. The van der Waals surface area contributed by atoms with Gasteiger partial charge in [-0.1, -0.05) is 24.3 Å². The number of carboxylic acids is 1. The van der Waals surface area contributed by atoms with Crippen molar-refractivity contribution in [1.82, 2.24) is 9.97 Å². The summed E-state index contributed by atoms with van der Waals surface area (Å²) in [4.78, 5) is 21.8. The summed E-state index contributed by atoms with van der Waals surface area (Å²) >= 11 is 1.13. The van der Waals surface area contributed by atoms with Crippen LogP contribution in [0.25, 0.3) is 17.1 Å². The van der Waals surface area contributed by atoms with Gasteiger partial charge in [0.1, 0.15) is 4.91 Å². The third kappa shape index (κ3) is 3.60. The largest absolute Gasteiger partial charge is 0.477 e. The van der Waals surface area contributed by atoms with Crippen LogP contribution in [0.5, 0.6) is 0 Å². The molecular formula is C20H19N3O2S. The van der Waals surface area contributed by atoms with Crippen LogP contribution in [0.3, 0.4) is 0 Å². The molecule has 4 rings (SSSR count). The molecule has 2 N–H and O–H groups in total. The van der Waals surface area contributed by atoms with Gasteiger partial charge in [0.05, 0.1) is 11.0 Å². The van der Waals surface area contributed by atoms with Gasteiger partial charge in [0.15, 0.2) is 5.16 Å². The molecule has 5 nitrogen and oxygen atoms in total. The number of aliphatic carboxylic acids is 1. The minimum atomic E-state index is -0.959. The molecule has 0 atom stereocenters. The molecule has 132 valence electrons. The molecule has 0 bridgehead atoms. The predicted molar refractivity (Wildman–Crippen MR) is 105 cm³/mol. The van der Waals surface area contributed by atoms with Crippen molar-refractivity contribution in [1.29, 1.82) is 0 Å². The van der Waals surface area contributed by atoms with E-state index in [-0.39, 0.29) is 4.91 Å². The Bertz CT molecular complexity index is 924. The molecule has 1 saturated heterocycles. The quantitative estimate of drug-likeness (QED) is 0.519. The molecule has 0 saturated carbocycles. The SMILES string of the molecule is O=C(O)/C(=C\c1ccc(N2CCCC2)cc1)Sc1nc2ccccc2[nH]1. The number of carbonyl (C=O) groups is 1. The Hall–Kier alpha value is -2.73. The van der Waals surface area contributed by atoms with E-state index in [1.165, 1.54) is 18.5 Å². The van der Waals surface area contributed by atoms with Crippen molar-refractivity contribution in [3.8, 4) is 0 Å². The van der Waals surface area contributed by atoms with E-state index in [4.69, 9.17) is 0 Å². The second kappa shape index (κ2) is 7.25. The number of carboxylic acid groups (broad SMARTS) is 1. The number of aromatic amines is 1. The standard InChI is InChI=1S/C20H19N3O2S/c24-19(25)18(26-20-21-16-5-1-2-6-17(16)22-20)13-14-7-9-15(10-8-14)23-11-3-4-12-23/h1-2,5-10,13H,3-4,11-12H2,(H,21,22)(H,24,25)/b18-13+. The summed E-state index contributed by atoms with van der Waals surface area (Å²) < 4.78 is 0. The van der Waals surface area contributed by atoms with E-state index in [9.17, 15) is 9.90 Å². The van der Waals surface area contributed by atoms with Gasteiger partial charge in [-0.05, 0) is 60.5 Å². The van der Waals surface area contributed by atoms with Gasteiger partial charge >= 0.3 is 5.97 Å². The van der Waals surface area contributed by atoms with E-state index in [2.05, 4.69) is 27.0 Å². The van der Waals surface area contributed by atoms with E-state index < -0.39 is 5.97 Å². The molecule has 0 radical (unpaired) electrons. The van der Waals surface area contributed by atoms with Crippen LogP contribution in [0.2, 0.25) is 0 Å². The van der Waals surface area contributed by atoms with E-state index in [1.807, 2.05) is 36.4 Å². The monoisotopic (exact) mass is 365 g/mol. The molecule has 1 aliphatic rings. The highest BCUT2D eigenvalue weighted by molar-refractivity contribution is 8.04. The van der Waals surface area contributed by atoms with Gasteiger partial charge in [0, 0.05) is 18.8 Å². The number of hydrogen-bond donors (Lipinski definition) is 2. The molecule has 1 aliphatic heterocycles. The zero-order chi connectivity index (χ0) is 17.9. The topological polar surface area (TPSA) is 69.2 Å². The van der Waals surface area contributed by atoms with Gasteiger partial charge in [0.2, 0.25) is 0 Å². The molecule has 1 aromatic heterocycles. The van der Waals surface area contributed by atoms with Crippen LogP contribution < -0.4 is 4.90 Å². The highest BCUT2D eigenvalue weighted by Crippen LogP contribution is 2.29. The molecule has 0 aliphatic carbocycles. The van der Waals surface area contributed by atoms with Gasteiger partial charge in [-0.2, -0.15) is 0 Å². The van der Waals surface area contributed by atoms with Crippen LogP contribution in [-0.2, 0) is 4.79 Å². The van der Waals surface area contributed by atoms with E-state index >= 15 is 0 Å². The van der Waals surface area contributed by atoms with Crippen molar-refractivity contribution in [2.75, 3.05) is 18.0 Å². The third-order valence-electron chi connectivity index (χ3n) is 4.45. The summed E-state index contributed by atoms with van der Waals surface area (Å²) in [7, 11) is 0. The van der Waals surface area contributed by atoms with Crippen molar-refractivity contribution in [3.05, 3.63) is 59.0 Å². The molecule has 2 heterocycles. The number of fused-ring (bicyclic) bond motifs is 1. The molecule has 1 fully saturated rings. The predicted octanol–water partition coefficient (Wildman–Crippen LogP) is 4.38. The lowest BCUT2D eigenvalue weighted by atomic mass is 10.2. The minimum Gasteiger partial charge on any atom is -0.477 e. The van der Waals surface area contributed by atoms with E-state index in [0.29, 0.717) is 5.16 Å². The number of nitrogens with zero attached hydrogens (tertiary/aromatic N) is 2. The number of rotatable bonds is 5. The number of H-pyrrole nitrogens is 1. The number of aromatic nitrogens is 2. The Balaban J connectivity index is 1.56. The van der Waals surface area contributed by atoms with Gasteiger partial charge < -0.3 is 15.0 Å². The van der Waals surface area contributed by atoms with Gasteiger partial charge in [-0.15, -0.1) is 0 Å². The fourth-order valence-electron chi connectivity index (χ4n) is 3.12. The number of anilines is 1. The van der Waals surface area contributed by atoms with Crippen molar-refractivity contribution in [3.63, 3.8) is 0 Å². The first kappa shape index (κ1) is 16.7. The molecular weight excluding hydrogens is 346 g/mol. The fraction of sp³-hybridized carbons (Fsp3) is 0.200. The second-order valence-corrected chi connectivity index (χ2v) is 7.29. The number of thioether (sulfide) groups is 1. The molecule has 26 heavy (non-hydrogen) atoms. The molecule has 0 spiro atoms. The Labute approximate surface area is 155 Å². The Kier molecular flexibility index (Phi) is 4.67. The molecule has 0 unspecified atom stereocenters. The van der Waals surface area contributed by atoms with Crippen LogP contribution in [0.1, 0.15) is 18.4 Å². The summed E-state index contributed by atoms with van der Waals surface area (Å²) in [5.74, 6) is -0.959. The smallest absolute Gasteiger partial charge is 0.342 e. The highest BCUT2D eigenvalue weighted by Gasteiger charge is 2.14. The fourth-order valence-corrected chi connectivity index (χ4v) is 3.92. The maximum atomic E-state index is 11.7. The number of benzene rings is 2. The lowest BCUT2D eigenvalue weighted by Crippen LogP contribution is -2.17. The van der Waals surface area contributed by atoms with Crippen LogP contribution in [0.4, 0.5) is 5.69 Å². The lowest BCUT2D eigenvalue weighted by molar-refractivity contribution is -0.131. The lowest BCUT2D eigenvalue weighted by Gasteiger charge is -2.17. The minimum absolute atomic E-state index is 0.234. The summed E-state index contributed by atoms with van der Waals surface area (Å²) in [6, 6.07) is 15.7. The van der Waals surface area contributed by atoms with Crippen molar-refractivity contribution >= 4 is 40.5 Å². The van der Waals surface area contributed by atoms with Crippen molar-refractivity contribution < 1.29 is 9.90 Å². The Morgan fingerprint density at radius 1 is 1.12 bits per heavy atom. The molecule has 6 heteroatoms. The number of para-hydroxylation sites is 2. The van der Waals surface area contributed by atoms with Crippen LogP contribution in [0.15, 0.2) is 58.6 Å². The van der Waals surface area contributed by atoms with E-state index in [0.717, 1.165) is 41.4 Å². The number of imidazole rings is 1. The van der Waals surface area contributed by atoms with Crippen LogP contribution in [-0.4, -0.2) is 34.1 Å².